The average Bonchev–Trinajstić information content (AvgIpc) is 3.03. The number of hydrogen-bond acceptors (Lipinski definition) is 3. The zero-order chi connectivity index (χ0) is 16.1. The highest BCUT2D eigenvalue weighted by molar-refractivity contribution is 5.74. The molecular formula is C17H22N4O2. The zero-order valence-electron chi connectivity index (χ0n) is 13.3. The van der Waals surface area contributed by atoms with Crippen molar-refractivity contribution in [3.05, 3.63) is 47.3 Å². The largest absolute Gasteiger partial charge is 0.497 e. The molecule has 1 aromatic carbocycles. The van der Waals surface area contributed by atoms with Crippen LogP contribution in [-0.4, -0.2) is 35.9 Å². The van der Waals surface area contributed by atoms with Gasteiger partial charge in [-0.1, -0.05) is 12.1 Å². The number of benzene rings is 1. The van der Waals surface area contributed by atoms with E-state index >= 15 is 0 Å². The highest BCUT2D eigenvalue weighted by atomic mass is 16.5. The fourth-order valence-electron chi connectivity index (χ4n) is 2.88. The van der Waals surface area contributed by atoms with Crippen LogP contribution in [0.5, 0.6) is 5.75 Å². The quantitative estimate of drug-likeness (QED) is 0.787. The number of carbonyl (C=O) groups excluding carboxylic acids is 1. The van der Waals surface area contributed by atoms with Crippen molar-refractivity contribution in [3.8, 4) is 5.75 Å². The maximum atomic E-state index is 12.0. The summed E-state index contributed by atoms with van der Waals surface area (Å²) < 4.78 is 5.13. The van der Waals surface area contributed by atoms with Crippen LogP contribution in [0, 0.1) is 0 Å². The van der Waals surface area contributed by atoms with Crippen molar-refractivity contribution in [2.45, 2.75) is 31.7 Å². The maximum Gasteiger partial charge on any atom is 0.315 e. The minimum Gasteiger partial charge on any atom is -0.497 e. The first-order valence-corrected chi connectivity index (χ1v) is 7.93. The molecular weight excluding hydrogens is 292 g/mol. The highest BCUT2D eigenvalue weighted by Gasteiger charge is 2.21. The molecule has 122 valence electrons. The molecule has 1 aliphatic rings. The third-order valence-corrected chi connectivity index (χ3v) is 4.21. The minimum absolute atomic E-state index is 0.105. The van der Waals surface area contributed by atoms with Crippen LogP contribution in [0.1, 0.15) is 23.2 Å². The molecule has 0 saturated heterocycles. The van der Waals surface area contributed by atoms with Crippen molar-refractivity contribution < 1.29 is 9.53 Å². The summed E-state index contributed by atoms with van der Waals surface area (Å²) in [4.78, 5) is 12.0. The number of methoxy groups -OCH3 is 1. The molecule has 3 N–H and O–H groups in total. The molecule has 3 rings (SSSR count). The predicted octanol–water partition coefficient (Wildman–Crippen LogP) is 1.82. The number of rotatable bonds is 5. The SMILES string of the molecule is COc1ccc(CCNC(=O)NC2CCc3cn[nH]c3C2)cc1. The van der Waals surface area contributed by atoms with E-state index in [0.29, 0.717) is 6.54 Å². The van der Waals surface area contributed by atoms with Gasteiger partial charge in [0.15, 0.2) is 0 Å². The number of hydrogen-bond donors (Lipinski definition) is 3. The molecule has 1 heterocycles. The third kappa shape index (κ3) is 4.03. The summed E-state index contributed by atoms with van der Waals surface area (Å²) in [5.41, 5.74) is 3.58. The summed E-state index contributed by atoms with van der Waals surface area (Å²) in [5, 5.41) is 13.0. The monoisotopic (exact) mass is 314 g/mol. The Balaban J connectivity index is 1.40. The summed E-state index contributed by atoms with van der Waals surface area (Å²) >= 11 is 0. The number of H-pyrrole nitrogens is 1. The molecule has 1 aliphatic carbocycles. The van der Waals surface area contributed by atoms with Crippen LogP contribution >= 0.6 is 0 Å². The van der Waals surface area contributed by atoms with E-state index in [-0.39, 0.29) is 12.1 Å². The van der Waals surface area contributed by atoms with Gasteiger partial charge in [0.1, 0.15) is 5.75 Å². The molecule has 23 heavy (non-hydrogen) atoms. The lowest BCUT2D eigenvalue weighted by Crippen LogP contribution is -2.45. The van der Waals surface area contributed by atoms with Crippen molar-refractivity contribution in [1.29, 1.82) is 0 Å². The van der Waals surface area contributed by atoms with E-state index in [4.69, 9.17) is 4.74 Å². The Kier molecular flexibility index (Phi) is 4.80. The van der Waals surface area contributed by atoms with E-state index in [2.05, 4.69) is 20.8 Å². The normalized spacial score (nSPS) is 16.5. The van der Waals surface area contributed by atoms with Crippen LogP contribution < -0.4 is 15.4 Å². The number of amides is 2. The summed E-state index contributed by atoms with van der Waals surface area (Å²) in [7, 11) is 1.65. The lowest BCUT2D eigenvalue weighted by molar-refractivity contribution is 0.235. The second-order valence-electron chi connectivity index (χ2n) is 5.81. The lowest BCUT2D eigenvalue weighted by Gasteiger charge is -2.22. The molecule has 6 heteroatoms. The number of aromatic amines is 1. The van der Waals surface area contributed by atoms with Crippen LogP contribution in [-0.2, 0) is 19.3 Å². The predicted molar refractivity (Wildman–Crippen MR) is 87.6 cm³/mol. The summed E-state index contributed by atoms with van der Waals surface area (Å²) in [6.07, 6.45) is 5.41. The van der Waals surface area contributed by atoms with E-state index in [0.717, 1.165) is 37.1 Å². The van der Waals surface area contributed by atoms with Crippen LogP contribution in [0.15, 0.2) is 30.5 Å². The van der Waals surface area contributed by atoms with Gasteiger partial charge in [-0.15, -0.1) is 0 Å². The van der Waals surface area contributed by atoms with Gasteiger partial charge in [0.05, 0.1) is 13.3 Å². The number of urea groups is 1. The molecule has 1 atom stereocenters. The number of aryl methyl sites for hydroxylation is 1. The first-order chi connectivity index (χ1) is 11.2. The number of nitrogens with zero attached hydrogens (tertiary/aromatic N) is 1. The number of fused-ring (bicyclic) bond motifs is 1. The molecule has 1 unspecified atom stereocenters. The highest BCUT2D eigenvalue weighted by Crippen LogP contribution is 2.18. The van der Waals surface area contributed by atoms with Crippen molar-refractivity contribution in [1.82, 2.24) is 20.8 Å². The molecule has 2 aromatic rings. The topological polar surface area (TPSA) is 79.0 Å². The fraction of sp³-hybridized carbons (Fsp3) is 0.412. The Labute approximate surface area is 135 Å². The van der Waals surface area contributed by atoms with E-state index < -0.39 is 0 Å². The Morgan fingerprint density at radius 2 is 2.22 bits per heavy atom. The smallest absolute Gasteiger partial charge is 0.315 e. The number of nitrogens with one attached hydrogen (secondary N) is 3. The molecule has 6 nitrogen and oxygen atoms in total. The van der Waals surface area contributed by atoms with Crippen LogP contribution in [0.3, 0.4) is 0 Å². The lowest BCUT2D eigenvalue weighted by atomic mass is 9.94. The van der Waals surface area contributed by atoms with Crippen molar-refractivity contribution >= 4 is 6.03 Å². The first kappa shape index (κ1) is 15.4. The van der Waals surface area contributed by atoms with Gasteiger partial charge in [0.2, 0.25) is 0 Å². The average molecular weight is 314 g/mol. The first-order valence-electron chi connectivity index (χ1n) is 7.93. The zero-order valence-corrected chi connectivity index (χ0v) is 13.3. The summed E-state index contributed by atoms with van der Waals surface area (Å²) in [5.74, 6) is 0.843. The number of aromatic nitrogens is 2. The van der Waals surface area contributed by atoms with E-state index in [1.807, 2.05) is 30.5 Å². The molecule has 1 aromatic heterocycles. The Bertz CT molecular complexity index is 651. The van der Waals surface area contributed by atoms with Gasteiger partial charge in [-0.2, -0.15) is 5.10 Å². The van der Waals surface area contributed by atoms with Crippen LogP contribution in [0.25, 0.3) is 0 Å². The summed E-state index contributed by atoms with van der Waals surface area (Å²) in [6, 6.07) is 7.95. The maximum absolute atomic E-state index is 12.0. The van der Waals surface area contributed by atoms with Gasteiger partial charge in [-0.05, 0) is 42.5 Å². The minimum atomic E-state index is -0.105. The number of carbonyl (C=O) groups is 1. The molecule has 2 amide bonds. The molecule has 0 aliphatic heterocycles. The standard InChI is InChI=1S/C17H22N4O2/c1-23-15-6-2-12(3-7-15)8-9-18-17(22)20-14-5-4-13-11-19-21-16(13)10-14/h2-3,6-7,11,14H,4-5,8-10H2,1H3,(H,19,21)(H2,18,20,22). The van der Waals surface area contributed by atoms with E-state index in [1.54, 1.807) is 7.11 Å². The van der Waals surface area contributed by atoms with Gasteiger partial charge in [-0.3, -0.25) is 5.10 Å². The Morgan fingerprint density at radius 1 is 1.39 bits per heavy atom. The molecule has 0 radical (unpaired) electrons. The van der Waals surface area contributed by atoms with E-state index in [9.17, 15) is 4.79 Å². The third-order valence-electron chi connectivity index (χ3n) is 4.21. The summed E-state index contributed by atoms with van der Waals surface area (Å²) in [6.45, 7) is 0.611. The van der Waals surface area contributed by atoms with Crippen molar-refractivity contribution in [3.63, 3.8) is 0 Å². The number of ether oxygens (including phenoxy) is 1. The van der Waals surface area contributed by atoms with E-state index in [1.165, 1.54) is 11.1 Å². The molecule has 0 saturated carbocycles. The van der Waals surface area contributed by atoms with Gasteiger partial charge in [0.25, 0.3) is 0 Å². The van der Waals surface area contributed by atoms with Crippen molar-refractivity contribution in [2.75, 3.05) is 13.7 Å². The molecule has 0 fully saturated rings. The Hall–Kier alpha value is -2.50. The second kappa shape index (κ2) is 7.17. The van der Waals surface area contributed by atoms with Gasteiger partial charge in [0, 0.05) is 24.7 Å². The van der Waals surface area contributed by atoms with Crippen molar-refractivity contribution in [2.24, 2.45) is 0 Å². The Morgan fingerprint density at radius 3 is 3.00 bits per heavy atom. The molecule has 0 bridgehead atoms. The fourth-order valence-corrected chi connectivity index (χ4v) is 2.88. The van der Waals surface area contributed by atoms with Gasteiger partial charge in [-0.25, -0.2) is 4.79 Å². The van der Waals surface area contributed by atoms with Crippen LogP contribution in [0.4, 0.5) is 4.79 Å². The van der Waals surface area contributed by atoms with Crippen LogP contribution in [0.2, 0.25) is 0 Å². The molecule has 0 spiro atoms. The van der Waals surface area contributed by atoms with Gasteiger partial charge >= 0.3 is 6.03 Å². The van der Waals surface area contributed by atoms with Gasteiger partial charge < -0.3 is 15.4 Å². The second-order valence-corrected chi connectivity index (χ2v) is 5.81.